The Balaban J connectivity index is 2.34. The van der Waals surface area contributed by atoms with Crippen LogP contribution in [0, 0.1) is 0 Å². The Morgan fingerprint density at radius 3 is 2.57 bits per heavy atom. The second-order valence-corrected chi connectivity index (χ2v) is 7.52. The molecule has 0 spiro atoms. The molecule has 0 aliphatic carbocycles. The average Bonchev–Trinajstić information content (AvgIpc) is 2.92. The van der Waals surface area contributed by atoms with Gasteiger partial charge in [-0.3, -0.25) is 4.79 Å². The first-order valence-electron chi connectivity index (χ1n) is 5.92. The molecule has 0 unspecified atom stereocenters. The maximum Gasteiger partial charge on any atom is 0.305 e. The highest BCUT2D eigenvalue weighted by molar-refractivity contribution is 7.91. The Kier molecular flexibility index (Phi) is 5.00. The van der Waals surface area contributed by atoms with E-state index >= 15 is 0 Å². The molecule has 0 aliphatic rings. The highest BCUT2D eigenvalue weighted by Gasteiger charge is 2.25. The Labute approximate surface area is 131 Å². The average molecular weight is 346 g/mol. The van der Waals surface area contributed by atoms with Gasteiger partial charge in [0.1, 0.15) is 4.21 Å². The smallest absolute Gasteiger partial charge is 0.305 e. The predicted octanol–water partition coefficient (Wildman–Crippen LogP) is 2.90. The standard InChI is InChI=1S/C13H12ClNO4S2/c14-10-5-2-1-4-9(10)11(8-12(16)17)15-21(18,19)13-6-3-7-20-13/h1-7,11,15H,8H2,(H,16,17)/t11-/m1/s1. The minimum atomic E-state index is -3.78. The molecule has 8 heteroatoms. The quantitative estimate of drug-likeness (QED) is 0.843. The van der Waals surface area contributed by atoms with Gasteiger partial charge in [-0.1, -0.05) is 35.9 Å². The van der Waals surface area contributed by atoms with Gasteiger partial charge in [0.25, 0.3) is 10.0 Å². The van der Waals surface area contributed by atoms with Crippen LogP contribution in [-0.4, -0.2) is 19.5 Å². The number of hydrogen-bond acceptors (Lipinski definition) is 4. The molecule has 0 saturated heterocycles. The van der Waals surface area contributed by atoms with Crippen molar-refractivity contribution in [1.82, 2.24) is 4.72 Å². The molecule has 0 bridgehead atoms. The van der Waals surface area contributed by atoms with Gasteiger partial charge in [0, 0.05) is 5.02 Å². The third-order valence-electron chi connectivity index (χ3n) is 2.72. The molecule has 0 radical (unpaired) electrons. The zero-order valence-corrected chi connectivity index (χ0v) is 13.1. The molecule has 1 atom stereocenters. The van der Waals surface area contributed by atoms with E-state index in [1.807, 2.05) is 0 Å². The summed E-state index contributed by atoms with van der Waals surface area (Å²) in [5, 5.41) is 10.9. The number of nitrogens with one attached hydrogen (secondary N) is 1. The van der Waals surface area contributed by atoms with E-state index in [1.54, 1.807) is 35.7 Å². The first-order chi connectivity index (χ1) is 9.90. The number of aliphatic carboxylic acids is 1. The van der Waals surface area contributed by atoms with Crippen LogP contribution in [0.5, 0.6) is 0 Å². The summed E-state index contributed by atoms with van der Waals surface area (Å²) in [4.78, 5) is 11.0. The van der Waals surface area contributed by atoms with E-state index in [4.69, 9.17) is 16.7 Å². The summed E-state index contributed by atoms with van der Waals surface area (Å²) in [7, 11) is -3.78. The fourth-order valence-electron chi connectivity index (χ4n) is 1.81. The van der Waals surface area contributed by atoms with Crippen LogP contribution >= 0.6 is 22.9 Å². The zero-order chi connectivity index (χ0) is 15.5. The fourth-order valence-corrected chi connectivity index (χ4v) is 4.30. The van der Waals surface area contributed by atoms with Crippen LogP contribution in [0.3, 0.4) is 0 Å². The van der Waals surface area contributed by atoms with Gasteiger partial charge in [-0.15, -0.1) is 11.3 Å². The van der Waals surface area contributed by atoms with Gasteiger partial charge in [0.05, 0.1) is 12.5 Å². The summed E-state index contributed by atoms with van der Waals surface area (Å²) >= 11 is 7.09. The van der Waals surface area contributed by atoms with Gasteiger partial charge < -0.3 is 5.11 Å². The lowest BCUT2D eigenvalue weighted by Gasteiger charge is -2.18. The highest BCUT2D eigenvalue weighted by atomic mass is 35.5. The summed E-state index contributed by atoms with van der Waals surface area (Å²) in [5.74, 6) is -1.12. The van der Waals surface area contributed by atoms with Gasteiger partial charge in [0.2, 0.25) is 0 Å². The first kappa shape index (κ1) is 16.0. The monoisotopic (exact) mass is 345 g/mol. The number of carbonyl (C=O) groups is 1. The van der Waals surface area contributed by atoms with Crippen LogP contribution in [0.2, 0.25) is 5.02 Å². The van der Waals surface area contributed by atoms with E-state index in [1.165, 1.54) is 6.07 Å². The molecule has 0 saturated carbocycles. The molecule has 2 N–H and O–H groups in total. The van der Waals surface area contributed by atoms with E-state index in [9.17, 15) is 13.2 Å². The minimum absolute atomic E-state index is 0.130. The lowest BCUT2D eigenvalue weighted by molar-refractivity contribution is -0.137. The van der Waals surface area contributed by atoms with Crippen molar-refractivity contribution in [2.75, 3.05) is 0 Å². The topological polar surface area (TPSA) is 83.5 Å². The minimum Gasteiger partial charge on any atom is -0.481 e. The maximum absolute atomic E-state index is 12.2. The predicted molar refractivity (Wildman–Crippen MR) is 81.1 cm³/mol. The van der Waals surface area contributed by atoms with E-state index in [-0.39, 0.29) is 4.21 Å². The molecule has 2 rings (SSSR count). The SMILES string of the molecule is O=C(O)C[C@@H](NS(=O)(=O)c1cccs1)c1ccccc1Cl. The van der Waals surface area contributed by atoms with Crippen molar-refractivity contribution in [3.63, 3.8) is 0 Å². The van der Waals surface area contributed by atoms with E-state index < -0.39 is 28.5 Å². The van der Waals surface area contributed by atoms with Crippen molar-refractivity contribution < 1.29 is 18.3 Å². The Hall–Kier alpha value is -1.41. The zero-order valence-electron chi connectivity index (χ0n) is 10.7. The van der Waals surface area contributed by atoms with Crippen LogP contribution in [-0.2, 0) is 14.8 Å². The first-order valence-corrected chi connectivity index (χ1v) is 8.66. The maximum atomic E-state index is 12.2. The third-order valence-corrected chi connectivity index (χ3v) is 5.93. The number of thiophene rings is 1. The summed E-state index contributed by atoms with van der Waals surface area (Å²) in [6.45, 7) is 0. The lowest BCUT2D eigenvalue weighted by atomic mass is 10.1. The second kappa shape index (κ2) is 6.57. The molecule has 21 heavy (non-hydrogen) atoms. The van der Waals surface area contributed by atoms with Crippen LogP contribution in [0.25, 0.3) is 0 Å². The van der Waals surface area contributed by atoms with Crippen molar-refractivity contribution in [1.29, 1.82) is 0 Å². The molecule has 5 nitrogen and oxygen atoms in total. The second-order valence-electron chi connectivity index (χ2n) is 4.23. The normalized spacial score (nSPS) is 13.0. The largest absolute Gasteiger partial charge is 0.481 e. The molecule has 112 valence electrons. The van der Waals surface area contributed by atoms with Gasteiger partial charge in [0.15, 0.2) is 0 Å². The van der Waals surface area contributed by atoms with Gasteiger partial charge in [-0.2, -0.15) is 0 Å². The van der Waals surface area contributed by atoms with Crippen molar-refractivity contribution in [3.8, 4) is 0 Å². The Morgan fingerprint density at radius 2 is 2.00 bits per heavy atom. The number of halogens is 1. The fraction of sp³-hybridized carbons (Fsp3) is 0.154. The molecule has 0 amide bonds. The van der Waals surface area contributed by atoms with Crippen LogP contribution in [0.15, 0.2) is 46.0 Å². The molecule has 1 heterocycles. The number of rotatable bonds is 6. The summed E-state index contributed by atoms with van der Waals surface area (Å²) in [6, 6.07) is 8.70. The molecule has 0 fully saturated rings. The molecular weight excluding hydrogens is 334 g/mol. The van der Waals surface area contributed by atoms with Crippen molar-refractivity contribution in [2.24, 2.45) is 0 Å². The molecule has 2 aromatic rings. The third kappa shape index (κ3) is 4.04. The van der Waals surface area contributed by atoms with Gasteiger partial charge in [-0.25, -0.2) is 13.1 Å². The number of carboxylic acid groups (broad SMARTS) is 1. The number of benzene rings is 1. The van der Waals surface area contributed by atoms with Crippen LogP contribution in [0.4, 0.5) is 0 Å². The number of hydrogen-bond donors (Lipinski definition) is 2. The Bertz CT molecular complexity index is 728. The number of carboxylic acids is 1. The number of sulfonamides is 1. The van der Waals surface area contributed by atoms with Gasteiger partial charge in [-0.05, 0) is 23.1 Å². The van der Waals surface area contributed by atoms with Gasteiger partial charge >= 0.3 is 5.97 Å². The molecule has 1 aromatic heterocycles. The van der Waals surface area contributed by atoms with Crippen LogP contribution < -0.4 is 4.72 Å². The van der Waals surface area contributed by atoms with Crippen LogP contribution in [0.1, 0.15) is 18.0 Å². The van der Waals surface area contributed by atoms with E-state index in [0.717, 1.165) is 11.3 Å². The van der Waals surface area contributed by atoms with E-state index in [2.05, 4.69) is 4.72 Å². The summed E-state index contributed by atoms with van der Waals surface area (Å²) < 4.78 is 27.0. The van der Waals surface area contributed by atoms with E-state index in [0.29, 0.717) is 10.6 Å². The summed E-state index contributed by atoms with van der Waals surface area (Å²) in [5.41, 5.74) is 0.432. The molecule has 0 aliphatic heterocycles. The Morgan fingerprint density at radius 1 is 1.29 bits per heavy atom. The molecular formula is C13H12ClNO4S2. The van der Waals surface area contributed by atoms with Crippen molar-refractivity contribution in [3.05, 3.63) is 52.4 Å². The van der Waals surface area contributed by atoms with Crippen molar-refractivity contribution in [2.45, 2.75) is 16.7 Å². The highest BCUT2D eigenvalue weighted by Crippen LogP contribution is 2.27. The lowest BCUT2D eigenvalue weighted by Crippen LogP contribution is -2.30. The van der Waals surface area contributed by atoms with Crippen molar-refractivity contribution >= 4 is 38.9 Å². The summed E-state index contributed by atoms with van der Waals surface area (Å²) in [6.07, 6.45) is -0.395. The molecule has 1 aromatic carbocycles.